The molecule has 1 rings (SSSR count). The van der Waals surface area contributed by atoms with Crippen LogP contribution < -0.4 is 0 Å². The molecular weight excluding hydrogens is 291 g/mol. The predicted octanol–water partition coefficient (Wildman–Crippen LogP) is 1.38. The molecule has 1 saturated heterocycles. The van der Waals surface area contributed by atoms with Crippen molar-refractivity contribution in [1.29, 1.82) is 0 Å². The van der Waals surface area contributed by atoms with Crippen LogP contribution in [0.1, 0.15) is 33.1 Å². The highest BCUT2D eigenvalue weighted by molar-refractivity contribution is 7.51. The molecule has 0 saturated carbocycles. The van der Waals surface area contributed by atoms with Gasteiger partial charge < -0.3 is 19.4 Å². The first-order valence-corrected chi connectivity index (χ1v) is 9.66. The van der Waals surface area contributed by atoms with Crippen LogP contribution in [-0.2, 0) is 9.30 Å². The third-order valence-corrected chi connectivity index (χ3v) is 4.83. The van der Waals surface area contributed by atoms with Gasteiger partial charge >= 0.3 is 7.60 Å². The molecule has 0 unspecified atom stereocenters. The van der Waals surface area contributed by atoms with Crippen molar-refractivity contribution in [3.05, 3.63) is 0 Å². The Kier molecular flexibility index (Phi) is 8.39. The van der Waals surface area contributed by atoms with Crippen LogP contribution in [0.25, 0.3) is 0 Å². The monoisotopic (exact) mass is 322 g/mol. The number of hydrogen-bond donors (Lipinski definition) is 2. The Balaban J connectivity index is 2.42. The summed E-state index contributed by atoms with van der Waals surface area (Å²) in [5.74, 6) is 0. The molecule has 0 radical (unpaired) electrons. The first-order chi connectivity index (χ1) is 9.78. The minimum atomic E-state index is -3.88. The zero-order valence-corrected chi connectivity index (χ0v) is 14.5. The van der Waals surface area contributed by atoms with Crippen LogP contribution in [0.5, 0.6) is 0 Å². The standard InChI is InChI=1S/C14H31N2O4P/c1-13(2)20-11-10-16(7-4-12-21(17,18)19)14-5-8-15(3)9-6-14/h13-14H,4-12H2,1-3H3,(H2,17,18,19). The summed E-state index contributed by atoms with van der Waals surface area (Å²) in [5.41, 5.74) is 0. The fraction of sp³-hybridized carbons (Fsp3) is 1.00. The minimum absolute atomic E-state index is 0.0266. The van der Waals surface area contributed by atoms with E-state index in [1.54, 1.807) is 0 Å². The summed E-state index contributed by atoms with van der Waals surface area (Å²) in [6, 6.07) is 0.508. The fourth-order valence-electron chi connectivity index (χ4n) is 2.72. The molecule has 0 aliphatic carbocycles. The topological polar surface area (TPSA) is 73.2 Å². The molecule has 21 heavy (non-hydrogen) atoms. The number of nitrogens with zero attached hydrogens (tertiary/aromatic N) is 2. The maximum absolute atomic E-state index is 11.0. The van der Waals surface area contributed by atoms with Gasteiger partial charge in [-0.05, 0) is 59.8 Å². The first kappa shape index (κ1) is 19.1. The van der Waals surface area contributed by atoms with Crippen LogP contribution in [0.2, 0.25) is 0 Å². The normalized spacial score (nSPS) is 18.8. The summed E-state index contributed by atoms with van der Waals surface area (Å²) in [4.78, 5) is 22.7. The Hall–Kier alpha value is 0.0300. The van der Waals surface area contributed by atoms with Gasteiger partial charge in [-0.15, -0.1) is 0 Å². The highest BCUT2D eigenvalue weighted by Crippen LogP contribution is 2.35. The van der Waals surface area contributed by atoms with Gasteiger partial charge in [0.2, 0.25) is 0 Å². The lowest BCUT2D eigenvalue weighted by atomic mass is 10.0. The van der Waals surface area contributed by atoms with Crippen LogP contribution >= 0.6 is 7.60 Å². The van der Waals surface area contributed by atoms with Crippen molar-refractivity contribution in [3.8, 4) is 0 Å². The summed E-state index contributed by atoms with van der Waals surface area (Å²) in [6.45, 7) is 8.48. The Morgan fingerprint density at radius 2 is 1.90 bits per heavy atom. The Bertz CT molecular complexity index is 327. The highest BCUT2D eigenvalue weighted by Gasteiger charge is 2.23. The molecule has 1 aliphatic heterocycles. The maximum Gasteiger partial charge on any atom is 0.325 e. The van der Waals surface area contributed by atoms with Gasteiger partial charge in [0.25, 0.3) is 0 Å². The van der Waals surface area contributed by atoms with Gasteiger partial charge in [-0.3, -0.25) is 9.46 Å². The Morgan fingerprint density at radius 3 is 2.43 bits per heavy atom. The van der Waals surface area contributed by atoms with Gasteiger partial charge in [0, 0.05) is 12.6 Å². The number of rotatable bonds is 9. The van der Waals surface area contributed by atoms with Crippen molar-refractivity contribution in [2.45, 2.75) is 45.3 Å². The van der Waals surface area contributed by atoms with Gasteiger partial charge in [-0.1, -0.05) is 0 Å². The molecule has 0 atom stereocenters. The van der Waals surface area contributed by atoms with Gasteiger partial charge in [0.05, 0.1) is 18.9 Å². The van der Waals surface area contributed by atoms with E-state index >= 15 is 0 Å². The molecule has 0 spiro atoms. The number of piperidine rings is 1. The highest BCUT2D eigenvalue weighted by atomic mass is 31.2. The molecular formula is C14H31N2O4P. The molecule has 0 bridgehead atoms. The van der Waals surface area contributed by atoms with Crippen LogP contribution in [0.4, 0.5) is 0 Å². The summed E-state index contributed by atoms with van der Waals surface area (Å²) in [5, 5.41) is 0. The van der Waals surface area contributed by atoms with E-state index in [0.717, 1.165) is 39.0 Å². The van der Waals surface area contributed by atoms with Crippen LogP contribution in [0.3, 0.4) is 0 Å². The zero-order valence-electron chi connectivity index (χ0n) is 13.6. The Morgan fingerprint density at radius 1 is 1.29 bits per heavy atom. The molecule has 1 aliphatic rings. The lowest BCUT2D eigenvalue weighted by Gasteiger charge is -2.37. The molecule has 1 heterocycles. The summed E-state index contributed by atoms with van der Waals surface area (Å²) >= 11 is 0. The van der Waals surface area contributed by atoms with Crippen molar-refractivity contribution in [3.63, 3.8) is 0 Å². The molecule has 0 aromatic heterocycles. The molecule has 1 fully saturated rings. The Labute approximate surface area is 128 Å². The van der Waals surface area contributed by atoms with Crippen molar-refractivity contribution >= 4 is 7.60 Å². The van der Waals surface area contributed by atoms with Crippen LogP contribution in [0, 0.1) is 0 Å². The molecule has 126 valence electrons. The zero-order chi connectivity index (χ0) is 15.9. The number of ether oxygens (including phenoxy) is 1. The third kappa shape index (κ3) is 8.91. The first-order valence-electron chi connectivity index (χ1n) is 7.86. The van der Waals surface area contributed by atoms with E-state index in [4.69, 9.17) is 14.5 Å². The SMILES string of the molecule is CC(C)OCCN(CCCP(=O)(O)O)C1CCN(C)CC1. The van der Waals surface area contributed by atoms with E-state index in [1.807, 2.05) is 13.8 Å². The average molecular weight is 322 g/mol. The molecule has 7 heteroatoms. The summed E-state index contributed by atoms with van der Waals surface area (Å²) in [6.07, 6.45) is 2.97. The molecule has 2 N–H and O–H groups in total. The lowest BCUT2D eigenvalue weighted by Crippen LogP contribution is -2.45. The quantitative estimate of drug-likeness (QED) is 0.625. The maximum atomic E-state index is 11.0. The second-order valence-electron chi connectivity index (χ2n) is 6.23. The second-order valence-corrected chi connectivity index (χ2v) is 8.01. The van der Waals surface area contributed by atoms with Gasteiger partial charge in [0.1, 0.15) is 0 Å². The van der Waals surface area contributed by atoms with E-state index in [1.165, 1.54) is 0 Å². The minimum Gasteiger partial charge on any atom is -0.377 e. The van der Waals surface area contributed by atoms with Crippen LogP contribution in [-0.4, -0.2) is 77.7 Å². The molecule has 0 amide bonds. The lowest BCUT2D eigenvalue weighted by molar-refractivity contribution is 0.0382. The molecule has 0 aromatic carbocycles. The largest absolute Gasteiger partial charge is 0.377 e. The molecule has 6 nitrogen and oxygen atoms in total. The van der Waals surface area contributed by atoms with E-state index in [-0.39, 0.29) is 12.3 Å². The van der Waals surface area contributed by atoms with Crippen molar-refractivity contribution in [1.82, 2.24) is 9.80 Å². The molecule has 0 aromatic rings. The smallest absolute Gasteiger partial charge is 0.325 e. The number of hydrogen-bond acceptors (Lipinski definition) is 4. The van der Waals surface area contributed by atoms with Gasteiger partial charge in [-0.25, -0.2) is 0 Å². The average Bonchev–Trinajstić information content (AvgIpc) is 2.36. The predicted molar refractivity (Wildman–Crippen MR) is 84.7 cm³/mol. The van der Waals surface area contributed by atoms with Crippen molar-refractivity contribution in [2.75, 3.05) is 46.0 Å². The van der Waals surface area contributed by atoms with Crippen LogP contribution in [0.15, 0.2) is 0 Å². The second kappa shape index (κ2) is 9.23. The summed E-state index contributed by atoms with van der Waals surface area (Å²) in [7, 11) is -1.74. The van der Waals surface area contributed by atoms with Gasteiger partial charge in [0.15, 0.2) is 0 Å². The van der Waals surface area contributed by atoms with Crippen molar-refractivity contribution < 1.29 is 19.1 Å². The van der Waals surface area contributed by atoms with Crippen molar-refractivity contribution in [2.24, 2.45) is 0 Å². The summed E-state index contributed by atoms with van der Waals surface area (Å²) < 4.78 is 16.6. The number of likely N-dealkylation sites (tertiary alicyclic amines) is 1. The van der Waals surface area contributed by atoms with Gasteiger partial charge in [-0.2, -0.15) is 0 Å². The third-order valence-electron chi connectivity index (χ3n) is 3.93. The van der Waals surface area contributed by atoms with E-state index in [2.05, 4.69) is 16.8 Å². The van der Waals surface area contributed by atoms with E-state index in [9.17, 15) is 4.57 Å². The van der Waals surface area contributed by atoms with E-state index < -0.39 is 7.60 Å². The fourth-order valence-corrected chi connectivity index (χ4v) is 3.28. The van der Waals surface area contributed by atoms with E-state index in [0.29, 0.717) is 19.1 Å².